The summed E-state index contributed by atoms with van der Waals surface area (Å²) in [6, 6.07) is 15.2. The molecule has 0 atom stereocenters. The third-order valence-electron chi connectivity index (χ3n) is 4.92. The number of carbonyl (C=O) groups excluding carboxylic acids is 1. The van der Waals surface area contributed by atoms with E-state index in [1.165, 1.54) is 0 Å². The van der Waals surface area contributed by atoms with E-state index in [-0.39, 0.29) is 11.9 Å². The molecular formula is C24H25N5O3. The van der Waals surface area contributed by atoms with Crippen LogP contribution < -0.4 is 10.1 Å². The highest BCUT2D eigenvalue weighted by Crippen LogP contribution is 2.28. The van der Waals surface area contributed by atoms with Crippen molar-refractivity contribution in [2.45, 2.75) is 19.9 Å². The Bertz CT molecular complexity index is 1220. The lowest BCUT2D eigenvalue weighted by Gasteiger charge is -2.13. The van der Waals surface area contributed by atoms with Gasteiger partial charge in [-0.15, -0.1) is 0 Å². The van der Waals surface area contributed by atoms with Gasteiger partial charge in [0, 0.05) is 24.9 Å². The Labute approximate surface area is 186 Å². The number of hydrogen-bond donors (Lipinski definition) is 1. The van der Waals surface area contributed by atoms with Gasteiger partial charge in [0.2, 0.25) is 5.88 Å². The van der Waals surface area contributed by atoms with Gasteiger partial charge >= 0.3 is 0 Å². The summed E-state index contributed by atoms with van der Waals surface area (Å²) in [5.41, 5.74) is 3.25. The first kappa shape index (κ1) is 21.5. The zero-order valence-corrected chi connectivity index (χ0v) is 18.3. The summed E-state index contributed by atoms with van der Waals surface area (Å²) in [5.74, 6) is 0.0480. The summed E-state index contributed by atoms with van der Waals surface area (Å²) >= 11 is 0. The number of methoxy groups -OCH3 is 1. The molecule has 4 rings (SSSR count). The number of rotatable bonds is 8. The van der Waals surface area contributed by atoms with Crippen LogP contribution in [-0.4, -0.2) is 46.0 Å². The van der Waals surface area contributed by atoms with Gasteiger partial charge < -0.3 is 14.8 Å². The molecule has 32 heavy (non-hydrogen) atoms. The minimum atomic E-state index is -0.289. The molecular weight excluding hydrogens is 406 g/mol. The number of anilines is 1. The lowest BCUT2D eigenvalue weighted by molar-refractivity contribution is 0.102. The highest BCUT2D eigenvalue weighted by Gasteiger charge is 2.20. The van der Waals surface area contributed by atoms with Crippen LogP contribution in [0, 0.1) is 0 Å². The second-order valence-electron chi connectivity index (χ2n) is 7.49. The number of pyridine rings is 2. The number of carbonyl (C=O) groups is 1. The summed E-state index contributed by atoms with van der Waals surface area (Å²) in [4.78, 5) is 22.4. The van der Waals surface area contributed by atoms with E-state index in [9.17, 15) is 4.79 Å². The fraction of sp³-hybridized carbons (Fsp3) is 0.250. The summed E-state index contributed by atoms with van der Waals surface area (Å²) in [5, 5.41) is 8.08. The molecule has 0 aliphatic rings. The fourth-order valence-electron chi connectivity index (χ4n) is 3.35. The third kappa shape index (κ3) is 4.45. The molecule has 0 saturated heterocycles. The van der Waals surface area contributed by atoms with Gasteiger partial charge in [0.15, 0.2) is 5.65 Å². The topological polar surface area (TPSA) is 91.2 Å². The van der Waals surface area contributed by atoms with E-state index >= 15 is 0 Å². The fourth-order valence-corrected chi connectivity index (χ4v) is 3.35. The molecule has 1 amide bonds. The van der Waals surface area contributed by atoms with Crippen molar-refractivity contribution in [1.82, 2.24) is 19.7 Å². The van der Waals surface area contributed by atoms with E-state index in [2.05, 4.69) is 15.4 Å². The van der Waals surface area contributed by atoms with Gasteiger partial charge in [0.1, 0.15) is 12.3 Å². The van der Waals surface area contributed by atoms with E-state index in [1.807, 2.05) is 48.9 Å². The first-order valence-corrected chi connectivity index (χ1v) is 10.4. The van der Waals surface area contributed by atoms with Gasteiger partial charge in [-0.25, -0.2) is 14.6 Å². The van der Waals surface area contributed by atoms with Gasteiger partial charge in [0.25, 0.3) is 5.91 Å². The standard InChI is InChI=1S/C24H25N5O3/c1-16(2)29-22-19(15-26-29)18(14-21(27-22)17-8-5-4-6-9-17)23(30)28-20-10-7-11-25-24(20)32-13-12-31-3/h4-11,14-16H,12-13H2,1-3H3,(H,28,30). The Morgan fingerprint density at radius 1 is 1.12 bits per heavy atom. The zero-order valence-electron chi connectivity index (χ0n) is 18.3. The molecule has 3 heterocycles. The molecule has 0 aliphatic carbocycles. The number of hydrogen-bond acceptors (Lipinski definition) is 6. The first-order chi connectivity index (χ1) is 15.6. The number of fused-ring (bicyclic) bond motifs is 1. The van der Waals surface area contributed by atoms with Crippen molar-refractivity contribution in [2.24, 2.45) is 0 Å². The second kappa shape index (κ2) is 9.57. The minimum absolute atomic E-state index is 0.0982. The average Bonchev–Trinajstić information content (AvgIpc) is 3.24. The molecule has 0 saturated carbocycles. The molecule has 0 radical (unpaired) electrons. The molecule has 0 spiro atoms. The molecule has 0 unspecified atom stereocenters. The van der Waals surface area contributed by atoms with Crippen LogP contribution in [0.1, 0.15) is 30.2 Å². The average molecular weight is 431 g/mol. The van der Waals surface area contributed by atoms with Gasteiger partial charge in [-0.3, -0.25) is 4.79 Å². The van der Waals surface area contributed by atoms with Gasteiger partial charge in [-0.2, -0.15) is 5.10 Å². The predicted molar refractivity (Wildman–Crippen MR) is 123 cm³/mol. The summed E-state index contributed by atoms with van der Waals surface area (Å²) in [6.07, 6.45) is 3.30. The van der Waals surface area contributed by atoms with Crippen LogP contribution in [0.15, 0.2) is 60.9 Å². The quantitative estimate of drug-likeness (QED) is 0.417. The molecule has 1 N–H and O–H groups in total. The van der Waals surface area contributed by atoms with E-state index in [4.69, 9.17) is 14.5 Å². The molecule has 8 heteroatoms. The Balaban J connectivity index is 1.75. The molecule has 0 fully saturated rings. The van der Waals surface area contributed by atoms with Crippen LogP contribution in [0.3, 0.4) is 0 Å². The predicted octanol–water partition coefficient (Wildman–Crippen LogP) is 4.35. The van der Waals surface area contributed by atoms with E-state index < -0.39 is 0 Å². The van der Waals surface area contributed by atoms with Crippen molar-refractivity contribution < 1.29 is 14.3 Å². The van der Waals surface area contributed by atoms with E-state index in [0.717, 1.165) is 5.56 Å². The minimum Gasteiger partial charge on any atom is -0.474 e. The number of nitrogens with one attached hydrogen (secondary N) is 1. The van der Waals surface area contributed by atoms with Crippen molar-refractivity contribution >= 4 is 22.6 Å². The SMILES string of the molecule is COCCOc1ncccc1NC(=O)c1cc(-c2ccccc2)nc2c1cnn2C(C)C. The summed E-state index contributed by atoms with van der Waals surface area (Å²) in [7, 11) is 1.60. The lowest BCUT2D eigenvalue weighted by atomic mass is 10.1. The molecule has 0 aliphatic heterocycles. The van der Waals surface area contributed by atoms with Crippen LogP contribution in [0.2, 0.25) is 0 Å². The largest absolute Gasteiger partial charge is 0.474 e. The Morgan fingerprint density at radius 3 is 2.69 bits per heavy atom. The monoisotopic (exact) mass is 431 g/mol. The molecule has 1 aromatic carbocycles. The highest BCUT2D eigenvalue weighted by atomic mass is 16.5. The van der Waals surface area contributed by atoms with E-state index in [1.54, 1.807) is 37.7 Å². The lowest BCUT2D eigenvalue weighted by Crippen LogP contribution is -2.15. The normalized spacial score (nSPS) is 11.1. The maximum absolute atomic E-state index is 13.4. The van der Waals surface area contributed by atoms with Crippen LogP contribution >= 0.6 is 0 Å². The molecule has 164 valence electrons. The van der Waals surface area contributed by atoms with Gasteiger partial charge in [0.05, 0.1) is 29.4 Å². The van der Waals surface area contributed by atoms with Crippen LogP contribution in [-0.2, 0) is 4.74 Å². The van der Waals surface area contributed by atoms with Crippen molar-refractivity contribution in [1.29, 1.82) is 0 Å². The maximum atomic E-state index is 13.4. The van der Waals surface area contributed by atoms with Crippen molar-refractivity contribution in [2.75, 3.05) is 25.6 Å². The zero-order chi connectivity index (χ0) is 22.5. The summed E-state index contributed by atoms with van der Waals surface area (Å²) in [6.45, 7) is 4.81. The molecule has 3 aromatic heterocycles. The van der Waals surface area contributed by atoms with E-state index in [0.29, 0.717) is 47.1 Å². The molecule has 4 aromatic rings. The highest BCUT2D eigenvalue weighted by molar-refractivity contribution is 6.13. The summed E-state index contributed by atoms with van der Waals surface area (Å²) < 4.78 is 12.5. The second-order valence-corrected chi connectivity index (χ2v) is 7.49. The van der Waals surface area contributed by atoms with Crippen LogP contribution in [0.25, 0.3) is 22.3 Å². The first-order valence-electron chi connectivity index (χ1n) is 10.4. The van der Waals surface area contributed by atoms with Crippen LogP contribution in [0.4, 0.5) is 5.69 Å². The smallest absolute Gasteiger partial charge is 0.256 e. The number of amides is 1. The van der Waals surface area contributed by atoms with Gasteiger partial charge in [-0.05, 0) is 32.0 Å². The number of benzene rings is 1. The number of aromatic nitrogens is 4. The van der Waals surface area contributed by atoms with Gasteiger partial charge in [-0.1, -0.05) is 30.3 Å². The number of nitrogens with zero attached hydrogens (tertiary/aromatic N) is 4. The van der Waals surface area contributed by atoms with Crippen LogP contribution in [0.5, 0.6) is 5.88 Å². The van der Waals surface area contributed by atoms with Crippen molar-refractivity contribution in [3.8, 4) is 17.1 Å². The number of ether oxygens (including phenoxy) is 2. The maximum Gasteiger partial charge on any atom is 0.256 e. The van der Waals surface area contributed by atoms with Crippen molar-refractivity contribution in [3.05, 3.63) is 66.5 Å². The Morgan fingerprint density at radius 2 is 1.94 bits per heavy atom. The Hall–Kier alpha value is -3.78. The molecule has 0 bridgehead atoms. The third-order valence-corrected chi connectivity index (χ3v) is 4.92. The Kier molecular flexibility index (Phi) is 6.42. The molecule has 8 nitrogen and oxygen atoms in total. The van der Waals surface area contributed by atoms with Crippen molar-refractivity contribution in [3.63, 3.8) is 0 Å².